The smallest absolute Gasteiger partial charge is 0.343 e. The molecule has 1 aromatic heterocycles. The molecule has 194 valence electrons. The lowest BCUT2D eigenvalue weighted by molar-refractivity contribution is 0.0734. The van der Waals surface area contributed by atoms with Crippen molar-refractivity contribution in [3.63, 3.8) is 0 Å². The third-order valence-electron chi connectivity index (χ3n) is 6.34. The third-order valence-corrected chi connectivity index (χ3v) is 6.83. The van der Waals surface area contributed by atoms with Gasteiger partial charge >= 0.3 is 5.97 Å². The maximum atomic E-state index is 13.4. The number of hydrogen-bond acceptors (Lipinski definition) is 4. The molecule has 5 rings (SSSR count). The lowest BCUT2D eigenvalue weighted by atomic mass is 9.99. The molecule has 2 N–H and O–H groups in total. The number of H-pyrrole nitrogens is 1. The van der Waals surface area contributed by atoms with Crippen LogP contribution in [-0.2, 0) is 0 Å². The normalized spacial score (nSPS) is 11.2. The molecule has 0 atom stereocenters. The van der Waals surface area contributed by atoms with Gasteiger partial charge in [0.05, 0.1) is 11.8 Å². The molecule has 0 unspecified atom stereocenters. The first-order valence-corrected chi connectivity index (χ1v) is 13.2. The number of nitrogens with zero attached hydrogens (tertiary/aromatic N) is 1. The van der Waals surface area contributed by atoms with E-state index in [0.29, 0.717) is 22.6 Å². The van der Waals surface area contributed by atoms with E-state index in [1.165, 1.54) is 6.21 Å². The van der Waals surface area contributed by atoms with Crippen molar-refractivity contribution in [2.24, 2.45) is 5.10 Å². The molecular formula is C32H26BrN3O3. The van der Waals surface area contributed by atoms with Gasteiger partial charge in [-0.15, -0.1) is 0 Å². The minimum absolute atomic E-state index is 0.324. The molecule has 5 aromatic rings. The van der Waals surface area contributed by atoms with Crippen molar-refractivity contribution in [1.29, 1.82) is 0 Å². The van der Waals surface area contributed by atoms with Gasteiger partial charge in [0.15, 0.2) is 0 Å². The molecule has 7 heteroatoms. The highest BCUT2D eigenvalue weighted by molar-refractivity contribution is 9.10. The molecule has 0 spiro atoms. The number of rotatable bonds is 6. The molecule has 0 fully saturated rings. The van der Waals surface area contributed by atoms with E-state index in [4.69, 9.17) is 4.74 Å². The van der Waals surface area contributed by atoms with Crippen LogP contribution in [0.15, 0.2) is 94.5 Å². The van der Waals surface area contributed by atoms with Crippen molar-refractivity contribution in [3.05, 3.63) is 123 Å². The number of carbonyl (C=O) groups excluding carboxylic acids is 2. The Hall–Kier alpha value is -4.49. The second-order valence-corrected chi connectivity index (χ2v) is 10.3. The van der Waals surface area contributed by atoms with Crippen LogP contribution in [0.3, 0.4) is 0 Å². The maximum Gasteiger partial charge on any atom is 0.343 e. The summed E-state index contributed by atoms with van der Waals surface area (Å²) in [5.74, 6) is -0.535. The molecule has 0 aliphatic carbocycles. The topological polar surface area (TPSA) is 83.5 Å². The van der Waals surface area contributed by atoms with Crippen LogP contribution < -0.4 is 10.2 Å². The van der Waals surface area contributed by atoms with E-state index in [9.17, 15) is 9.59 Å². The van der Waals surface area contributed by atoms with Crippen LogP contribution in [0.1, 0.15) is 43.1 Å². The highest BCUT2D eigenvalue weighted by Crippen LogP contribution is 2.34. The van der Waals surface area contributed by atoms with Gasteiger partial charge in [0.2, 0.25) is 0 Å². The largest absolute Gasteiger partial charge is 0.422 e. The minimum Gasteiger partial charge on any atom is -0.422 e. The zero-order valence-corrected chi connectivity index (χ0v) is 23.3. The van der Waals surface area contributed by atoms with Crippen LogP contribution in [0.25, 0.3) is 22.0 Å². The zero-order chi connectivity index (χ0) is 27.5. The third kappa shape index (κ3) is 5.68. The molecule has 6 nitrogen and oxygen atoms in total. The number of ether oxygens (including phenoxy) is 1. The van der Waals surface area contributed by atoms with Gasteiger partial charge in [-0.25, -0.2) is 10.2 Å². The van der Waals surface area contributed by atoms with Crippen molar-refractivity contribution in [2.75, 3.05) is 0 Å². The molecular weight excluding hydrogens is 554 g/mol. The summed E-state index contributed by atoms with van der Waals surface area (Å²) in [6, 6.07) is 26.4. The van der Waals surface area contributed by atoms with Crippen molar-refractivity contribution < 1.29 is 14.3 Å². The summed E-state index contributed by atoms with van der Waals surface area (Å²) in [5.41, 5.74) is 9.82. The summed E-state index contributed by atoms with van der Waals surface area (Å²) >= 11 is 3.45. The van der Waals surface area contributed by atoms with E-state index in [-0.39, 0.29) is 5.91 Å². The summed E-state index contributed by atoms with van der Waals surface area (Å²) in [7, 11) is 0. The molecule has 4 aromatic carbocycles. The van der Waals surface area contributed by atoms with Crippen LogP contribution >= 0.6 is 15.9 Å². The second-order valence-electron chi connectivity index (χ2n) is 9.39. The Morgan fingerprint density at radius 2 is 1.69 bits per heavy atom. The van der Waals surface area contributed by atoms with Gasteiger partial charge in [0, 0.05) is 26.5 Å². The summed E-state index contributed by atoms with van der Waals surface area (Å²) < 4.78 is 6.43. The van der Waals surface area contributed by atoms with Crippen molar-refractivity contribution in [2.45, 2.75) is 20.8 Å². The van der Waals surface area contributed by atoms with Crippen LogP contribution in [0.4, 0.5) is 0 Å². The van der Waals surface area contributed by atoms with Crippen LogP contribution in [0.5, 0.6) is 5.75 Å². The van der Waals surface area contributed by atoms with E-state index in [0.717, 1.165) is 43.2 Å². The fraction of sp³-hybridized carbons (Fsp3) is 0.0938. The van der Waals surface area contributed by atoms with Gasteiger partial charge in [-0.1, -0.05) is 75.6 Å². The fourth-order valence-electron chi connectivity index (χ4n) is 4.59. The predicted molar refractivity (Wildman–Crippen MR) is 159 cm³/mol. The van der Waals surface area contributed by atoms with Gasteiger partial charge in [-0.05, 0) is 68.3 Å². The highest BCUT2D eigenvalue weighted by Gasteiger charge is 2.20. The van der Waals surface area contributed by atoms with E-state index in [2.05, 4.69) is 43.6 Å². The van der Waals surface area contributed by atoms with Crippen LogP contribution in [-0.4, -0.2) is 23.1 Å². The fourth-order valence-corrected chi connectivity index (χ4v) is 4.97. The molecule has 1 heterocycles. The number of aromatic amines is 1. The molecule has 0 saturated carbocycles. The Labute approximate surface area is 234 Å². The van der Waals surface area contributed by atoms with Gasteiger partial charge in [0.1, 0.15) is 11.4 Å². The summed E-state index contributed by atoms with van der Waals surface area (Å²) in [5, 5.41) is 5.18. The molecule has 1 amide bonds. The second kappa shape index (κ2) is 11.1. The monoisotopic (exact) mass is 579 g/mol. The first-order chi connectivity index (χ1) is 18.8. The zero-order valence-electron chi connectivity index (χ0n) is 21.7. The van der Waals surface area contributed by atoms with E-state index >= 15 is 0 Å². The first-order valence-electron chi connectivity index (χ1n) is 12.4. The van der Waals surface area contributed by atoms with Gasteiger partial charge in [-0.3, -0.25) is 4.79 Å². The minimum atomic E-state index is -0.476. The number of halogens is 1. The van der Waals surface area contributed by atoms with Crippen molar-refractivity contribution in [3.8, 4) is 16.9 Å². The van der Waals surface area contributed by atoms with Gasteiger partial charge in [0.25, 0.3) is 5.91 Å². The highest BCUT2D eigenvalue weighted by atomic mass is 79.9. The molecule has 0 bridgehead atoms. The SMILES string of the molecule is Cc1cccc(C(=O)Oc2ccc(Br)cc2C=NNC(=O)c2[nH]c3c(C)cc(C)cc3c2-c2ccccc2)c1. The predicted octanol–water partition coefficient (Wildman–Crippen LogP) is 7.51. The number of hydrogen-bond donors (Lipinski definition) is 2. The lowest BCUT2D eigenvalue weighted by Crippen LogP contribution is -2.19. The number of benzene rings is 4. The molecule has 0 aliphatic heterocycles. The van der Waals surface area contributed by atoms with Crippen molar-refractivity contribution >= 4 is 44.9 Å². The maximum absolute atomic E-state index is 13.4. The van der Waals surface area contributed by atoms with E-state index < -0.39 is 5.97 Å². The number of esters is 1. The number of fused-ring (bicyclic) bond motifs is 1. The lowest BCUT2D eigenvalue weighted by Gasteiger charge is -2.09. The number of carbonyl (C=O) groups is 2. The van der Waals surface area contributed by atoms with Gasteiger partial charge in [-0.2, -0.15) is 5.10 Å². The van der Waals surface area contributed by atoms with E-state index in [1.807, 2.05) is 63.2 Å². The number of nitrogens with one attached hydrogen (secondary N) is 2. The number of amides is 1. The standard InChI is InChI=1S/C32H26BrN3O3/c1-19-8-7-11-23(15-19)32(38)39-27-13-12-25(33)17-24(27)18-34-36-31(37)30-28(22-9-5-4-6-10-22)26-16-20(2)14-21(3)29(26)35-30/h4-18,35H,1-3H3,(H,36,37). The van der Waals surface area contributed by atoms with Crippen molar-refractivity contribution in [1.82, 2.24) is 10.4 Å². The Kier molecular flexibility index (Phi) is 7.43. The Balaban J connectivity index is 1.43. The molecule has 0 radical (unpaired) electrons. The Morgan fingerprint density at radius 1 is 0.897 bits per heavy atom. The summed E-state index contributed by atoms with van der Waals surface area (Å²) in [4.78, 5) is 29.4. The summed E-state index contributed by atoms with van der Waals surface area (Å²) in [6.45, 7) is 5.98. The molecule has 39 heavy (non-hydrogen) atoms. The Bertz CT molecular complexity index is 1740. The first kappa shape index (κ1) is 26.1. The van der Waals surface area contributed by atoms with E-state index in [1.54, 1.807) is 30.3 Å². The van der Waals surface area contributed by atoms with Crippen LogP contribution in [0.2, 0.25) is 0 Å². The average molecular weight is 580 g/mol. The number of hydrazone groups is 1. The summed E-state index contributed by atoms with van der Waals surface area (Å²) in [6.07, 6.45) is 1.46. The molecule has 0 aliphatic rings. The Morgan fingerprint density at radius 3 is 2.46 bits per heavy atom. The van der Waals surface area contributed by atoms with Crippen LogP contribution in [0, 0.1) is 20.8 Å². The molecule has 0 saturated heterocycles. The number of aryl methyl sites for hydroxylation is 3. The van der Waals surface area contributed by atoms with Gasteiger partial charge < -0.3 is 9.72 Å². The number of aromatic nitrogens is 1. The average Bonchev–Trinajstić information content (AvgIpc) is 3.30. The quantitative estimate of drug-likeness (QED) is 0.0944.